The molecule has 0 spiro atoms. The van der Waals surface area contributed by atoms with Gasteiger partial charge in [-0.1, -0.05) is 0 Å². The topological polar surface area (TPSA) is 63.9 Å². The van der Waals surface area contributed by atoms with E-state index in [1.165, 1.54) is 0 Å². The van der Waals surface area contributed by atoms with E-state index in [2.05, 4.69) is 10.2 Å². The summed E-state index contributed by atoms with van der Waals surface area (Å²) in [5.74, 6) is 0.614. The summed E-state index contributed by atoms with van der Waals surface area (Å²) >= 11 is 0. The Kier molecular flexibility index (Phi) is 2.28. The number of aromatic amines is 1. The average molecular weight is 141 g/mol. The fourth-order valence-electron chi connectivity index (χ4n) is 0.729. The first-order valence-corrected chi connectivity index (χ1v) is 3.15. The molecule has 10 heavy (non-hydrogen) atoms. The Hall–Kier alpha value is -1.03. The number of nitrogens with two attached hydrogens (primary N) is 1. The van der Waals surface area contributed by atoms with Gasteiger partial charge < -0.3 is 10.5 Å². The van der Waals surface area contributed by atoms with Gasteiger partial charge in [-0.05, 0) is 6.54 Å². The first-order valence-electron chi connectivity index (χ1n) is 3.15. The molecule has 0 amide bonds. The van der Waals surface area contributed by atoms with Crippen LogP contribution in [-0.2, 0) is 6.42 Å². The van der Waals surface area contributed by atoms with Gasteiger partial charge in [0.2, 0.25) is 5.88 Å². The van der Waals surface area contributed by atoms with Crippen LogP contribution in [0, 0.1) is 0 Å². The molecule has 4 heteroatoms. The minimum absolute atomic E-state index is 0.614. The van der Waals surface area contributed by atoms with Crippen molar-refractivity contribution in [3.8, 4) is 5.88 Å². The largest absolute Gasteiger partial charge is 0.480 e. The van der Waals surface area contributed by atoms with Crippen molar-refractivity contribution in [2.24, 2.45) is 5.73 Å². The molecule has 0 atom stereocenters. The molecule has 0 fully saturated rings. The van der Waals surface area contributed by atoms with Crippen LogP contribution in [0.1, 0.15) is 5.69 Å². The maximum Gasteiger partial charge on any atom is 0.232 e. The third kappa shape index (κ3) is 1.48. The van der Waals surface area contributed by atoms with Crippen LogP contribution in [0.5, 0.6) is 5.88 Å². The van der Waals surface area contributed by atoms with E-state index < -0.39 is 0 Å². The van der Waals surface area contributed by atoms with Crippen molar-refractivity contribution in [3.05, 3.63) is 11.8 Å². The maximum atomic E-state index is 5.32. The van der Waals surface area contributed by atoms with Gasteiger partial charge in [0.15, 0.2) is 0 Å². The Balaban J connectivity index is 2.59. The normalized spacial score (nSPS) is 9.80. The molecule has 1 aromatic rings. The summed E-state index contributed by atoms with van der Waals surface area (Å²) in [6.07, 6.45) is 0.816. The van der Waals surface area contributed by atoms with Crippen molar-refractivity contribution in [1.82, 2.24) is 10.2 Å². The van der Waals surface area contributed by atoms with Crippen LogP contribution in [0.2, 0.25) is 0 Å². The van der Waals surface area contributed by atoms with Crippen molar-refractivity contribution < 1.29 is 4.74 Å². The van der Waals surface area contributed by atoms with Crippen LogP contribution in [0.4, 0.5) is 0 Å². The number of ether oxygens (including phenoxy) is 1. The van der Waals surface area contributed by atoms with E-state index in [9.17, 15) is 0 Å². The Morgan fingerprint density at radius 3 is 3.10 bits per heavy atom. The molecule has 0 unspecified atom stereocenters. The zero-order valence-electron chi connectivity index (χ0n) is 5.92. The van der Waals surface area contributed by atoms with E-state index in [0.717, 1.165) is 12.1 Å². The Labute approximate surface area is 59.4 Å². The lowest BCUT2D eigenvalue weighted by Gasteiger charge is -1.87. The van der Waals surface area contributed by atoms with Gasteiger partial charge in [-0.15, -0.1) is 5.10 Å². The molecule has 4 nitrogen and oxygen atoms in total. The molecule has 0 aliphatic rings. The van der Waals surface area contributed by atoms with Gasteiger partial charge in [-0.2, -0.15) is 0 Å². The predicted octanol–water partition coefficient (Wildman–Crippen LogP) is -0.0805. The summed E-state index contributed by atoms with van der Waals surface area (Å²) in [4.78, 5) is 0. The van der Waals surface area contributed by atoms with Crippen LogP contribution < -0.4 is 10.5 Å². The third-order valence-corrected chi connectivity index (χ3v) is 1.23. The van der Waals surface area contributed by atoms with Gasteiger partial charge in [0.25, 0.3) is 0 Å². The number of nitrogens with zero attached hydrogens (tertiary/aromatic N) is 1. The van der Waals surface area contributed by atoms with Crippen LogP contribution in [0.3, 0.4) is 0 Å². The maximum absolute atomic E-state index is 5.32. The van der Waals surface area contributed by atoms with Crippen molar-refractivity contribution in [3.63, 3.8) is 0 Å². The smallest absolute Gasteiger partial charge is 0.232 e. The number of aromatic nitrogens is 2. The second-order valence-corrected chi connectivity index (χ2v) is 1.97. The van der Waals surface area contributed by atoms with Gasteiger partial charge >= 0.3 is 0 Å². The molecule has 0 aliphatic carbocycles. The Bertz CT molecular complexity index is 197. The third-order valence-electron chi connectivity index (χ3n) is 1.23. The monoisotopic (exact) mass is 141 g/mol. The van der Waals surface area contributed by atoms with E-state index in [4.69, 9.17) is 10.5 Å². The second kappa shape index (κ2) is 3.22. The van der Waals surface area contributed by atoms with E-state index in [1.54, 1.807) is 7.11 Å². The number of nitrogens with one attached hydrogen (secondary N) is 1. The van der Waals surface area contributed by atoms with Gasteiger partial charge in [0.1, 0.15) is 0 Å². The number of H-pyrrole nitrogens is 1. The SMILES string of the molecule is COc1cc(CCN)[nH]n1. The van der Waals surface area contributed by atoms with Crippen LogP contribution in [0.25, 0.3) is 0 Å². The number of rotatable bonds is 3. The second-order valence-electron chi connectivity index (χ2n) is 1.97. The first kappa shape index (κ1) is 7.08. The van der Waals surface area contributed by atoms with E-state index in [1.807, 2.05) is 6.07 Å². The first-order chi connectivity index (χ1) is 4.86. The van der Waals surface area contributed by atoms with Gasteiger partial charge in [-0.25, -0.2) is 0 Å². The highest BCUT2D eigenvalue weighted by molar-refractivity contribution is 5.13. The lowest BCUT2D eigenvalue weighted by atomic mass is 10.3. The molecule has 0 aromatic carbocycles. The minimum atomic E-state index is 0.614. The van der Waals surface area contributed by atoms with E-state index in [0.29, 0.717) is 12.4 Å². The van der Waals surface area contributed by atoms with Gasteiger partial charge in [0.05, 0.1) is 7.11 Å². The molecule has 0 aliphatic heterocycles. The van der Waals surface area contributed by atoms with Gasteiger partial charge in [0, 0.05) is 18.2 Å². The number of methoxy groups -OCH3 is 1. The summed E-state index contributed by atoms with van der Waals surface area (Å²) in [7, 11) is 1.59. The molecule has 0 bridgehead atoms. The molecule has 1 rings (SSSR count). The molecule has 1 heterocycles. The molecule has 1 aromatic heterocycles. The lowest BCUT2D eigenvalue weighted by Crippen LogP contribution is -2.02. The Morgan fingerprint density at radius 1 is 1.80 bits per heavy atom. The lowest BCUT2D eigenvalue weighted by molar-refractivity contribution is 0.397. The van der Waals surface area contributed by atoms with E-state index >= 15 is 0 Å². The molecule has 56 valence electrons. The van der Waals surface area contributed by atoms with Gasteiger partial charge in [-0.3, -0.25) is 5.10 Å². The molecule has 0 saturated carbocycles. The molecular weight excluding hydrogens is 130 g/mol. The fourth-order valence-corrected chi connectivity index (χ4v) is 0.729. The van der Waals surface area contributed by atoms with Crippen molar-refractivity contribution in [2.75, 3.05) is 13.7 Å². The molecular formula is C6H11N3O. The summed E-state index contributed by atoms with van der Waals surface area (Å²) in [6.45, 7) is 0.630. The summed E-state index contributed by atoms with van der Waals surface area (Å²) in [6, 6.07) is 1.84. The average Bonchev–Trinajstić information content (AvgIpc) is 2.37. The molecule has 3 N–H and O–H groups in total. The van der Waals surface area contributed by atoms with E-state index in [-0.39, 0.29) is 0 Å². The van der Waals surface area contributed by atoms with Crippen LogP contribution in [0.15, 0.2) is 6.07 Å². The predicted molar refractivity (Wildman–Crippen MR) is 37.9 cm³/mol. The highest BCUT2D eigenvalue weighted by atomic mass is 16.5. The van der Waals surface area contributed by atoms with Crippen molar-refractivity contribution >= 4 is 0 Å². The van der Waals surface area contributed by atoms with Crippen LogP contribution in [-0.4, -0.2) is 23.9 Å². The highest BCUT2D eigenvalue weighted by Gasteiger charge is 1.97. The number of hydrogen-bond donors (Lipinski definition) is 2. The molecule has 0 radical (unpaired) electrons. The number of hydrogen-bond acceptors (Lipinski definition) is 3. The summed E-state index contributed by atoms with van der Waals surface area (Å²) in [5.41, 5.74) is 6.34. The fraction of sp³-hybridized carbons (Fsp3) is 0.500. The zero-order chi connectivity index (χ0) is 7.40. The zero-order valence-corrected chi connectivity index (χ0v) is 5.92. The standard InChI is InChI=1S/C6H11N3O/c1-10-6-4-5(2-3-7)8-9-6/h4H,2-3,7H2,1H3,(H,8,9). The highest BCUT2D eigenvalue weighted by Crippen LogP contribution is 2.06. The molecule has 0 saturated heterocycles. The minimum Gasteiger partial charge on any atom is -0.480 e. The van der Waals surface area contributed by atoms with Crippen molar-refractivity contribution in [1.29, 1.82) is 0 Å². The quantitative estimate of drug-likeness (QED) is 0.618. The van der Waals surface area contributed by atoms with Crippen molar-refractivity contribution in [2.45, 2.75) is 6.42 Å². The van der Waals surface area contributed by atoms with Crippen LogP contribution >= 0.6 is 0 Å². The summed E-state index contributed by atoms with van der Waals surface area (Å²) in [5, 5.41) is 6.65. The Morgan fingerprint density at radius 2 is 2.60 bits per heavy atom. The summed E-state index contributed by atoms with van der Waals surface area (Å²) < 4.78 is 4.86.